The van der Waals surface area contributed by atoms with Gasteiger partial charge in [-0.05, 0) is 50.7 Å². The van der Waals surface area contributed by atoms with Crippen LogP contribution in [-0.2, 0) is 12.0 Å². The summed E-state index contributed by atoms with van der Waals surface area (Å²) in [5, 5.41) is 13.1. The maximum atomic E-state index is 9.65. The molecule has 1 atom stereocenters. The summed E-state index contributed by atoms with van der Waals surface area (Å²) in [7, 11) is 0. The summed E-state index contributed by atoms with van der Waals surface area (Å²) >= 11 is 0. The van der Waals surface area contributed by atoms with Crippen molar-refractivity contribution >= 4 is 0 Å². The highest BCUT2D eigenvalue weighted by molar-refractivity contribution is 5.39. The minimum Gasteiger partial charge on any atom is -0.293 e. The third-order valence-electron chi connectivity index (χ3n) is 3.45. The fourth-order valence-electron chi connectivity index (χ4n) is 2.79. The second kappa shape index (κ2) is 4.89. The molecule has 0 fully saturated rings. The van der Waals surface area contributed by atoms with Crippen molar-refractivity contribution < 1.29 is 0 Å². The van der Waals surface area contributed by atoms with Crippen molar-refractivity contribution in [3.05, 3.63) is 35.4 Å². The lowest BCUT2D eigenvalue weighted by atomic mass is 9.85. The van der Waals surface area contributed by atoms with E-state index in [2.05, 4.69) is 43.4 Å². The number of nitrogens with one attached hydrogen (secondary N) is 1. The number of benzene rings is 1. The Bertz CT molecular complexity index is 431. The highest BCUT2D eigenvalue weighted by Crippen LogP contribution is 2.34. The highest BCUT2D eigenvalue weighted by Gasteiger charge is 2.35. The number of rotatable bonds is 2. The van der Waals surface area contributed by atoms with Crippen LogP contribution in [0, 0.1) is 11.3 Å². The molecule has 0 radical (unpaired) electrons. The summed E-state index contributed by atoms with van der Waals surface area (Å²) in [6.07, 6.45) is 4.31. The first-order chi connectivity index (χ1) is 8.18. The van der Waals surface area contributed by atoms with Crippen LogP contribution in [0.4, 0.5) is 0 Å². The predicted octanol–water partition coefficient (Wildman–Crippen LogP) is 3.13. The molecule has 0 saturated carbocycles. The molecule has 0 amide bonds. The second-order valence-electron chi connectivity index (χ2n) is 5.18. The summed E-state index contributed by atoms with van der Waals surface area (Å²) in [4.78, 5) is 0. The van der Waals surface area contributed by atoms with E-state index in [1.807, 2.05) is 6.07 Å². The molecule has 1 N–H and O–H groups in total. The molecule has 0 aliphatic heterocycles. The van der Waals surface area contributed by atoms with E-state index in [1.165, 1.54) is 17.5 Å². The molecular weight excluding hydrogens is 208 g/mol. The van der Waals surface area contributed by atoms with E-state index >= 15 is 0 Å². The average molecular weight is 228 g/mol. The Morgan fingerprint density at radius 1 is 1.29 bits per heavy atom. The number of nitrogens with zero attached hydrogens (tertiary/aromatic N) is 1. The number of aryl methyl sites for hydroxylation is 1. The summed E-state index contributed by atoms with van der Waals surface area (Å²) in [5.74, 6) is 0. The van der Waals surface area contributed by atoms with E-state index in [1.54, 1.807) is 0 Å². The van der Waals surface area contributed by atoms with Crippen molar-refractivity contribution in [1.29, 1.82) is 5.26 Å². The molecule has 1 aliphatic carbocycles. The molecule has 1 unspecified atom stereocenters. The van der Waals surface area contributed by atoms with Gasteiger partial charge in [0.2, 0.25) is 0 Å². The van der Waals surface area contributed by atoms with Crippen molar-refractivity contribution in [3.8, 4) is 6.07 Å². The Morgan fingerprint density at radius 3 is 2.76 bits per heavy atom. The minimum absolute atomic E-state index is 0.320. The first kappa shape index (κ1) is 12.1. The van der Waals surface area contributed by atoms with Crippen LogP contribution in [0.15, 0.2) is 24.3 Å². The van der Waals surface area contributed by atoms with Crippen molar-refractivity contribution in [2.75, 3.05) is 0 Å². The summed E-state index contributed by atoms with van der Waals surface area (Å²) in [6, 6.07) is 11.2. The Kier molecular flexibility index (Phi) is 3.49. The van der Waals surface area contributed by atoms with Gasteiger partial charge in [0.25, 0.3) is 0 Å². The van der Waals surface area contributed by atoms with Crippen LogP contribution in [0.5, 0.6) is 0 Å². The number of nitriles is 1. The Balaban J connectivity index is 2.48. The smallest absolute Gasteiger partial charge is 0.132 e. The predicted molar refractivity (Wildman–Crippen MR) is 69.6 cm³/mol. The highest BCUT2D eigenvalue weighted by atomic mass is 15.0. The fourth-order valence-corrected chi connectivity index (χ4v) is 2.79. The molecule has 2 nitrogen and oxygen atoms in total. The van der Waals surface area contributed by atoms with Gasteiger partial charge in [-0.3, -0.25) is 5.32 Å². The lowest BCUT2D eigenvalue weighted by Gasteiger charge is -2.30. The van der Waals surface area contributed by atoms with Gasteiger partial charge in [0.1, 0.15) is 5.54 Å². The second-order valence-corrected chi connectivity index (χ2v) is 5.18. The van der Waals surface area contributed by atoms with Crippen LogP contribution in [0.25, 0.3) is 0 Å². The Labute approximate surface area is 104 Å². The monoisotopic (exact) mass is 228 g/mol. The van der Waals surface area contributed by atoms with E-state index in [0.717, 1.165) is 19.3 Å². The molecule has 0 heterocycles. The topological polar surface area (TPSA) is 35.8 Å². The third kappa shape index (κ3) is 2.35. The van der Waals surface area contributed by atoms with Crippen molar-refractivity contribution in [2.24, 2.45) is 0 Å². The zero-order valence-corrected chi connectivity index (χ0v) is 10.7. The van der Waals surface area contributed by atoms with Crippen LogP contribution >= 0.6 is 0 Å². The zero-order valence-electron chi connectivity index (χ0n) is 10.7. The molecule has 17 heavy (non-hydrogen) atoms. The van der Waals surface area contributed by atoms with Crippen LogP contribution in [0.1, 0.15) is 44.2 Å². The molecule has 1 aliphatic rings. The summed E-state index contributed by atoms with van der Waals surface area (Å²) in [5.41, 5.74) is 2.04. The Hall–Kier alpha value is -1.33. The molecule has 1 aromatic rings. The van der Waals surface area contributed by atoms with Gasteiger partial charge in [0.15, 0.2) is 0 Å². The number of fused-ring (bicyclic) bond motifs is 1. The largest absolute Gasteiger partial charge is 0.293 e. The molecule has 2 rings (SSSR count). The van der Waals surface area contributed by atoms with Gasteiger partial charge in [-0.25, -0.2) is 0 Å². The van der Waals surface area contributed by atoms with E-state index in [9.17, 15) is 5.26 Å². The van der Waals surface area contributed by atoms with E-state index in [4.69, 9.17) is 0 Å². The van der Waals surface area contributed by atoms with Crippen LogP contribution in [0.2, 0.25) is 0 Å². The third-order valence-corrected chi connectivity index (χ3v) is 3.45. The van der Waals surface area contributed by atoms with Crippen LogP contribution < -0.4 is 5.32 Å². The average Bonchev–Trinajstić information content (AvgIpc) is 2.50. The number of hydrogen-bond donors (Lipinski definition) is 1. The molecule has 1 aromatic carbocycles. The first-order valence-corrected chi connectivity index (χ1v) is 6.45. The molecular formula is C15H20N2. The van der Waals surface area contributed by atoms with Gasteiger partial charge in [0, 0.05) is 6.04 Å². The maximum Gasteiger partial charge on any atom is 0.132 e. The van der Waals surface area contributed by atoms with Gasteiger partial charge in [-0.1, -0.05) is 24.3 Å². The Morgan fingerprint density at radius 2 is 2.06 bits per heavy atom. The van der Waals surface area contributed by atoms with Crippen molar-refractivity contribution in [1.82, 2.24) is 5.32 Å². The van der Waals surface area contributed by atoms with Crippen molar-refractivity contribution in [3.63, 3.8) is 0 Å². The molecule has 0 bridgehead atoms. The molecule has 0 aromatic heterocycles. The maximum absolute atomic E-state index is 9.65. The number of hydrogen-bond acceptors (Lipinski definition) is 2. The molecule has 0 spiro atoms. The lowest BCUT2D eigenvalue weighted by molar-refractivity contribution is 0.359. The minimum atomic E-state index is -0.485. The van der Waals surface area contributed by atoms with Crippen LogP contribution in [-0.4, -0.2) is 6.04 Å². The van der Waals surface area contributed by atoms with E-state index in [0.29, 0.717) is 6.04 Å². The van der Waals surface area contributed by atoms with Gasteiger partial charge in [0.05, 0.1) is 6.07 Å². The standard InChI is InChI=1S/C15H20N2/c1-12(2)17-15(11-16)10-6-5-8-13-7-3-4-9-14(13)15/h3-4,7,9,12,17H,5-6,8,10H2,1-2H3. The summed E-state index contributed by atoms with van der Waals surface area (Å²) < 4.78 is 0. The fraction of sp³-hybridized carbons (Fsp3) is 0.533. The lowest BCUT2D eigenvalue weighted by Crippen LogP contribution is -2.45. The van der Waals surface area contributed by atoms with Gasteiger partial charge in [-0.15, -0.1) is 0 Å². The van der Waals surface area contributed by atoms with Gasteiger partial charge < -0.3 is 0 Å². The quantitative estimate of drug-likeness (QED) is 0.789. The van der Waals surface area contributed by atoms with Gasteiger partial charge >= 0.3 is 0 Å². The van der Waals surface area contributed by atoms with E-state index < -0.39 is 5.54 Å². The van der Waals surface area contributed by atoms with Crippen LogP contribution in [0.3, 0.4) is 0 Å². The molecule has 0 saturated heterocycles. The summed E-state index contributed by atoms with van der Waals surface area (Å²) in [6.45, 7) is 4.21. The zero-order chi connectivity index (χ0) is 12.3. The first-order valence-electron chi connectivity index (χ1n) is 6.45. The molecule has 90 valence electrons. The normalized spacial score (nSPS) is 23.9. The SMILES string of the molecule is CC(C)NC1(C#N)CCCCc2ccccc21. The van der Waals surface area contributed by atoms with E-state index in [-0.39, 0.29) is 0 Å². The van der Waals surface area contributed by atoms with Gasteiger partial charge in [-0.2, -0.15) is 5.26 Å². The van der Waals surface area contributed by atoms with Crippen molar-refractivity contribution in [2.45, 2.75) is 51.1 Å². The molecule has 2 heteroatoms.